The monoisotopic (exact) mass is 235 g/mol. The van der Waals surface area contributed by atoms with Crippen LogP contribution in [0.3, 0.4) is 0 Å². The molecular weight excluding hydrogens is 210 g/mol. The summed E-state index contributed by atoms with van der Waals surface area (Å²) in [5.41, 5.74) is 2.53. The van der Waals surface area contributed by atoms with E-state index in [2.05, 4.69) is 38.7 Å². The normalized spacial score (nSPS) is 11.6. The van der Waals surface area contributed by atoms with Crippen LogP contribution in [0.25, 0.3) is 0 Å². The Kier molecular flexibility index (Phi) is 4.98. The van der Waals surface area contributed by atoms with Gasteiger partial charge in [0.05, 0.1) is 7.11 Å². The maximum Gasteiger partial charge on any atom is 0.125 e. The Morgan fingerprint density at radius 2 is 1.88 bits per heavy atom. The lowest BCUT2D eigenvalue weighted by Crippen LogP contribution is -2.21. The van der Waals surface area contributed by atoms with Crippen LogP contribution in [0.4, 0.5) is 0 Å². The van der Waals surface area contributed by atoms with Gasteiger partial charge in [0.25, 0.3) is 0 Å². The smallest absolute Gasteiger partial charge is 0.125 e. The summed E-state index contributed by atoms with van der Waals surface area (Å²) in [6.45, 7) is 8.89. The number of hydrogen-bond acceptors (Lipinski definition) is 2. The molecule has 96 valence electrons. The van der Waals surface area contributed by atoms with E-state index < -0.39 is 0 Å². The van der Waals surface area contributed by atoms with Crippen LogP contribution in [0, 0.1) is 0 Å². The predicted octanol–water partition coefficient (Wildman–Crippen LogP) is 4.12. The van der Waals surface area contributed by atoms with Crippen molar-refractivity contribution in [1.29, 1.82) is 0 Å². The summed E-state index contributed by atoms with van der Waals surface area (Å²) in [6, 6.07) is 2.12. The fraction of sp³-hybridized carbons (Fsp3) is 0.667. The quantitative estimate of drug-likeness (QED) is 0.740. The van der Waals surface area contributed by atoms with E-state index in [4.69, 9.17) is 4.74 Å². The first-order chi connectivity index (χ1) is 8.11. The first-order valence-corrected chi connectivity index (χ1v) is 6.64. The molecule has 0 saturated carbocycles. The zero-order chi connectivity index (χ0) is 12.9. The van der Waals surface area contributed by atoms with Crippen molar-refractivity contribution in [2.75, 3.05) is 7.11 Å². The Hall–Kier alpha value is -1.05. The molecular formula is C15H25NO. The Morgan fingerprint density at radius 3 is 2.35 bits per heavy atom. The number of ether oxygens (including phenoxy) is 1. The molecule has 0 unspecified atom stereocenters. The van der Waals surface area contributed by atoms with Gasteiger partial charge >= 0.3 is 0 Å². The van der Waals surface area contributed by atoms with Crippen LogP contribution in [0.15, 0.2) is 12.3 Å². The summed E-state index contributed by atoms with van der Waals surface area (Å²) in [7, 11) is 1.74. The molecule has 0 fully saturated rings. The number of aromatic nitrogens is 1. The van der Waals surface area contributed by atoms with Crippen molar-refractivity contribution in [1.82, 2.24) is 4.98 Å². The lowest BCUT2D eigenvalue weighted by molar-refractivity contribution is 0.395. The average molecular weight is 235 g/mol. The van der Waals surface area contributed by atoms with Crippen molar-refractivity contribution in [2.45, 2.75) is 58.8 Å². The van der Waals surface area contributed by atoms with Crippen LogP contribution < -0.4 is 4.74 Å². The zero-order valence-electron chi connectivity index (χ0n) is 11.8. The minimum atomic E-state index is 0.165. The summed E-state index contributed by atoms with van der Waals surface area (Å²) in [5.74, 6) is 0.991. The molecule has 0 radical (unpaired) electrons. The van der Waals surface area contributed by atoms with Gasteiger partial charge in [-0.25, -0.2) is 0 Å². The summed E-state index contributed by atoms with van der Waals surface area (Å²) in [5, 5.41) is 0. The topological polar surface area (TPSA) is 22.1 Å². The molecule has 0 spiro atoms. The second-order valence-corrected chi connectivity index (χ2v) is 4.90. The van der Waals surface area contributed by atoms with Gasteiger partial charge in [0.2, 0.25) is 0 Å². The molecule has 0 atom stereocenters. The fourth-order valence-corrected chi connectivity index (χ4v) is 2.05. The van der Waals surface area contributed by atoms with Gasteiger partial charge in [-0.3, -0.25) is 4.98 Å². The number of methoxy groups -OCH3 is 1. The molecule has 1 aromatic rings. The van der Waals surface area contributed by atoms with Gasteiger partial charge < -0.3 is 4.74 Å². The van der Waals surface area contributed by atoms with E-state index in [1.807, 2.05) is 6.20 Å². The third-order valence-electron chi connectivity index (χ3n) is 3.86. The van der Waals surface area contributed by atoms with Crippen LogP contribution in [-0.4, -0.2) is 12.1 Å². The Bertz CT molecular complexity index is 356. The van der Waals surface area contributed by atoms with E-state index in [1.165, 1.54) is 5.56 Å². The van der Waals surface area contributed by atoms with Gasteiger partial charge in [0, 0.05) is 28.9 Å². The molecule has 1 heterocycles. The average Bonchev–Trinajstić information content (AvgIpc) is 2.38. The molecule has 2 heteroatoms. The fourth-order valence-electron chi connectivity index (χ4n) is 2.05. The first-order valence-electron chi connectivity index (χ1n) is 6.64. The molecule has 0 aliphatic rings. The Morgan fingerprint density at radius 1 is 1.24 bits per heavy atom. The number of aryl methyl sites for hydroxylation is 1. The minimum absolute atomic E-state index is 0.165. The van der Waals surface area contributed by atoms with Crippen LogP contribution >= 0.6 is 0 Å². The van der Waals surface area contributed by atoms with E-state index in [0.29, 0.717) is 0 Å². The molecule has 1 aromatic heterocycles. The highest BCUT2D eigenvalue weighted by Crippen LogP contribution is 2.32. The van der Waals surface area contributed by atoms with Crippen molar-refractivity contribution in [3.63, 3.8) is 0 Å². The minimum Gasteiger partial charge on any atom is -0.496 e. The van der Waals surface area contributed by atoms with Gasteiger partial charge in [0.1, 0.15) is 5.75 Å². The van der Waals surface area contributed by atoms with E-state index in [1.54, 1.807) is 7.11 Å². The van der Waals surface area contributed by atoms with Gasteiger partial charge in [-0.05, 0) is 19.3 Å². The van der Waals surface area contributed by atoms with Crippen LogP contribution in [0.5, 0.6) is 5.75 Å². The van der Waals surface area contributed by atoms with E-state index in [0.717, 1.165) is 37.1 Å². The molecule has 0 N–H and O–H groups in total. The highest BCUT2D eigenvalue weighted by atomic mass is 16.5. The Labute approximate surface area is 105 Å². The van der Waals surface area contributed by atoms with Gasteiger partial charge in [-0.15, -0.1) is 0 Å². The molecule has 0 aliphatic heterocycles. The molecule has 0 bridgehead atoms. The molecule has 1 rings (SSSR count). The molecule has 0 amide bonds. The van der Waals surface area contributed by atoms with Crippen molar-refractivity contribution in [2.24, 2.45) is 0 Å². The molecule has 0 aromatic carbocycles. The second-order valence-electron chi connectivity index (χ2n) is 4.90. The number of hydrogen-bond donors (Lipinski definition) is 0. The highest BCUT2D eigenvalue weighted by Gasteiger charge is 2.24. The Balaban J connectivity index is 3.12. The van der Waals surface area contributed by atoms with E-state index >= 15 is 0 Å². The van der Waals surface area contributed by atoms with E-state index in [9.17, 15) is 0 Å². The molecule has 2 nitrogen and oxygen atoms in total. The third kappa shape index (κ3) is 2.99. The maximum atomic E-state index is 5.48. The lowest BCUT2D eigenvalue weighted by Gasteiger charge is -2.26. The number of nitrogens with zero attached hydrogens (tertiary/aromatic N) is 1. The first kappa shape index (κ1) is 14.0. The third-order valence-corrected chi connectivity index (χ3v) is 3.86. The summed E-state index contributed by atoms with van der Waals surface area (Å²) in [6.07, 6.45) is 6.35. The van der Waals surface area contributed by atoms with Gasteiger partial charge in [-0.1, -0.05) is 34.1 Å². The van der Waals surface area contributed by atoms with Crippen molar-refractivity contribution in [3.8, 4) is 5.75 Å². The number of pyridine rings is 1. The predicted molar refractivity (Wildman–Crippen MR) is 72.7 cm³/mol. The SMILES string of the molecule is CCCc1cnc(C(C)(CC)CC)cc1OC. The largest absolute Gasteiger partial charge is 0.496 e. The van der Waals surface area contributed by atoms with Crippen molar-refractivity contribution >= 4 is 0 Å². The van der Waals surface area contributed by atoms with E-state index in [-0.39, 0.29) is 5.41 Å². The summed E-state index contributed by atoms with van der Waals surface area (Å²) < 4.78 is 5.48. The van der Waals surface area contributed by atoms with Crippen molar-refractivity contribution in [3.05, 3.63) is 23.5 Å². The number of rotatable bonds is 6. The summed E-state index contributed by atoms with van der Waals surface area (Å²) >= 11 is 0. The molecule has 0 saturated heterocycles. The highest BCUT2D eigenvalue weighted by molar-refractivity contribution is 5.35. The summed E-state index contributed by atoms with van der Waals surface area (Å²) in [4.78, 5) is 4.64. The zero-order valence-corrected chi connectivity index (χ0v) is 11.8. The van der Waals surface area contributed by atoms with Crippen molar-refractivity contribution < 1.29 is 4.74 Å². The molecule has 0 aliphatic carbocycles. The maximum absolute atomic E-state index is 5.48. The standard InChI is InChI=1S/C15H25NO/c1-6-9-12-11-16-14(10-13(12)17-5)15(4,7-2)8-3/h10-11H,6-9H2,1-5H3. The van der Waals surface area contributed by atoms with Gasteiger partial charge in [0.15, 0.2) is 0 Å². The van der Waals surface area contributed by atoms with Crippen LogP contribution in [0.1, 0.15) is 58.2 Å². The second kappa shape index (κ2) is 6.04. The molecule has 17 heavy (non-hydrogen) atoms. The van der Waals surface area contributed by atoms with Crippen LogP contribution in [-0.2, 0) is 11.8 Å². The van der Waals surface area contributed by atoms with Gasteiger partial charge in [-0.2, -0.15) is 0 Å². The lowest BCUT2D eigenvalue weighted by atomic mass is 9.81. The van der Waals surface area contributed by atoms with Crippen LogP contribution in [0.2, 0.25) is 0 Å².